The maximum Gasteiger partial charge on any atom is 0.410 e. The molecule has 2 aliphatic rings. The van der Waals surface area contributed by atoms with Gasteiger partial charge in [0.2, 0.25) is 0 Å². The lowest BCUT2D eigenvalue weighted by Gasteiger charge is -2.40. The van der Waals surface area contributed by atoms with E-state index in [1.165, 1.54) is 0 Å². The third-order valence-corrected chi connectivity index (χ3v) is 8.04. The van der Waals surface area contributed by atoms with Gasteiger partial charge in [-0.3, -0.25) is 0 Å². The van der Waals surface area contributed by atoms with Gasteiger partial charge < -0.3 is 29.0 Å². The van der Waals surface area contributed by atoms with Gasteiger partial charge in [-0.05, 0) is 39.2 Å². The summed E-state index contributed by atoms with van der Waals surface area (Å²) in [5, 5.41) is 8.76. The zero-order valence-corrected chi connectivity index (χ0v) is 25.5. The number of hydrogen-bond donors (Lipinski definition) is 1. The fourth-order valence-corrected chi connectivity index (χ4v) is 6.20. The number of hydrogen-bond acceptors (Lipinski definition) is 8. The fourth-order valence-electron chi connectivity index (χ4n) is 5.93. The van der Waals surface area contributed by atoms with Crippen LogP contribution in [0.5, 0.6) is 11.6 Å². The zero-order chi connectivity index (χ0) is 31.8. The highest BCUT2D eigenvalue weighted by atomic mass is 35.5. The predicted molar refractivity (Wildman–Crippen MR) is 157 cm³/mol. The van der Waals surface area contributed by atoms with Crippen LogP contribution >= 0.6 is 11.6 Å². The largest absolute Gasteiger partial charge is 0.480 e. The van der Waals surface area contributed by atoms with Gasteiger partial charge in [-0.15, -0.1) is 0 Å². The second-order valence-corrected chi connectivity index (χ2v) is 12.0. The van der Waals surface area contributed by atoms with Crippen molar-refractivity contribution in [3.63, 3.8) is 0 Å². The molecule has 12 heteroatoms. The van der Waals surface area contributed by atoms with Gasteiger partial charge in [-0.25, -0.2) is 23.4 Å². The molecule has 0 bridgehead atoms. The first-order valence-electron chi connectivity index (χ1n) is 14.2. The first-order valence-corrected chi connectivity index (χ1v) is 14.6. The molecule has 1 amide bonds. The summed E-state index contributed by atoms with van der Waals surface area (Å²) in [6, 6.07) is 9.77. The second kappa shape index (κ2) is 12.2. The third kappa shape index (κ3) is 5.66. The molecule has 5 rings (SSSR count). The Kier molecular flexibility index (Phi) is 8.73. The number of amides is 1. The summed E-state index contributed by atoms with van der Waals surface area (Å²) in [5.41, 5.74) is -1.79. The lowest BCUT2D eigenvalue weighted by molar-refractivity contribution is -0.0216. The molecule has 3 aromatic rings. The SMILES string of the molecule is COC(=O)c1cnc(OCCO)c(F)c1-c1c(Cl)c(F)cc2c1C[C@](c1ccccc1)(C1CCCN1C(=O)OC(C)(C)C)O2. The van der Waals surface area contributed by atoms with Gasteiger partial charge in [-0.2, -0.15) is 0 Å². The number of esters is 1. The van der Waals surface area contributed by atoms with Crippen LogP contribution in [0.25, 0.3) is 11.1 Å². The summed E-state index contributed by atoms with van der Waals surface area (Å²) in [6.45, 7) is 5.05. The van der Waals surface area contributed by atoms with E-state index in [-0.39, 0.29) is 35.5 Å². The van der Waals surface area contributed by atoms with Crippen LogP contribution in [-0.2, 0) is 21.5 Å². The zero-order valence-electron chi connectivity index (χ0n) is 24.8. The summed E-state index contributed by atoms with van der Waals surface area (Å²) in [7, 11) is 1.12. The molecule has 1 aromatic heterocycles. The molecule has 2 aliphatic heterocycles. The van der Waals surface area contributed by atoms with Crippen LogP contribution in [0, 0.1) is 11.6 Å². The summed E-state index contributed by atoms with van der Waals surface area (Å²) >= 11 is 6.58. The van der Waals surface area contributed by atoms with E-state index in [0.717, 1.165) is 19.4 Å². The minimum atomic E-state index is -1.24. The fraction of sp³-hybridized carbons (Fsp3) is 0.406. The van der Waals surface area contributed by atoms with Crippen LogP contribution in [0.4, 0.5) is 13.6 Å². The number of carbonyl (C=O) groups excluding carboxylic acids is 2. The quantitative estimate of drug-likeness (QED) is 0.314. The number of pyridine rings is 1. The Balaban J connectivity index is 1.72. The average Bonchev–Trinajstić information content (AvgIpc) is 3.63. The smallest absolute Gasteiger partial charge is 0.410 e. The lowest BCUT2D eigenvalue weighted by Crippen LogP contribution is -2.53. The molecule has 234 valence electrons. The Hall–Kier alpha value is -3.96. The van der Waals surface area contributed by atoms with E-state index in [4.69, 9.17) is 30.5 Å². The normalized spacial score (nSPS) is 19.4. The van der Waals surface area contributed by atoms with Crippen LogP contribution in [0.2, 0.25) is 5.02 Å². The highest BCUT2D eigenvalue weighted by Gasteiger charge is 2.54. The van der Waals surface area contributed by atoms with Crippen molar-refractivity contribution in [3.05, 3.63) is 75.9 Å². The summed E-state index contributed by atoms with van der Waals surface area (Å²) < 4.78 is 54.3. The van der Waals surface area contributed by atoms with Crippen LogP contribution < -0.4 is 9.47 Å². The molecule has 0 saturated carbocycles. The molecule has 0 aliphatic carbocycles. The first kappa shape index (κ1) is 31.5. The van der Waals surface area contributed by atoms with Crippen molar-refractivity contribution < 1.29 is 42.4 Å². The Morgan fingerprint density at radius 1 is 1.20 bits per heavy atom. The number of carbonyl (C=O) groups is 2. The number of methoxy groups -OCH3 is 1. The van der Waals surface area contributed by atoms with E-state index >= 15 is 8.78 Å². The average molecular weight is 631 g/mol. The molecule has 0 spiro atoms. The van der Waals surface area contributed by atoms with Gasteiger partial charge in [0.1, 0.15) is 23.8 Å². The number of nitrogens with zero attached hydrogens (tertiary/aromatic N) is 2. The van der Waals surface area contributed by atoms with Gasteiger partial charge in [-0.1, -0.05) is 41.9 Å². The monoisotopic (exact) mass is 630 g/mol. The van der Waals surface area contributed by atoms with Crippen molar-refractivity contribution in [3.8, 4) is 22.8 Å². The van der Waals surface area contributed by atoms with Crippen molar-refractivity contribution in [2.75, 3.05) is 26.9 Å². The molecule has 1 fully saturated rings. The number of benzene rings is 2. The maximum atomic E-state index is 16.2. The van der Waals surface area contributed by atoms with E-state index in [1.54, 1.807) is 25.7 Å². The molecule has 3 heterocycles. The lowest BCUT2D eigenvalue weighted by atomic mass is 9.80. The molecule has 44 heavy (non-hydrogen) atoms. The molecule has 2 atom stereocenters. The number of rotatable bonds is 7. The first-order chi connectivity index (χ1) is 20.9. The third-order valence-electron chi connectivity index (χ3n) is 7.67. The molecule has 9 nitrogen and oxygen atoms in total. The van der Waals surface area contributed by atoms with Crippen molar-refractivity contribution >= 4 is 23.7 Å². The van der Waals surface area contributed by atoms with Gasteiger partial charge in [0, 0.05) is 41.9 Å². The minimum Gasteiger partial charge on any atom is -0.480 e. The van der Waals surface area contributed by atoms with Crippen LogP contribution in [0.1, 0.15) is 55.1 Å². The number of halogens is 3. The van der Waals surface area contributed by atoms with Crippen molar-refractivity contribution in [1.29, 1.82) is 0 Å². The Morgan fingerprint density at radius 3 is 2.59 bits per heavy atom. The van der Waals surface area contributed by atoms with E-state index in [0.29, 0.717) is 30.5 Å². The van der Waals surface area contributed by atoms with E-state index in [1.807, 2.05) is 30.3 Å². The van der Waals surface area contributed by atoms with Gasteiger partial charge in [0.05, 0.1) is 30.3 Å². The minimum absolute atomic E-state index is 0.0425. The number of aliphatic hydroxyl groups excluding tert-OH is 1. The Labute approximate surface area is 258 Å². The number of likely N-dealkylation sites (tertiary alicyclic amines) is 1. The second-order valence-electron chi connectivity index (χ2n) is 11.6. The van der Waals surface area contributed by atoms with E-state index in [2.05, 4.69) is 4.98 Å². The van der Waals surface area contributed by atoms with Gasteiger partial charge in [0.15, 0.2) is 11.4 Å². The standard InChI is InChI=1S/C32H33ClF2N2O7/c1-31(2,3)44-30(40)37-12-8-11-23(37)32(18-9-6-5-7-10-18)16-19-22(43-32)15-21(34)26(33)24(19)25-20(29(39)41-4)17-36-28(27(25)35)42-14-13-38/h5-7,9-10,15,17,23,38H,8,11-14,16H2,1-4H3/t23?,32-/m0/s1. The van der Waals surface area contributed by atoms with Crippen LogP contribution in [0.3, 0.4) is 0 Å². The van der Waals surface area contributed by atoms with Crippen molar-refractivity contribution in [1.82, 2.24) is 9.88 Å². The van der Waals surface area contributed by atoms with Gasteiger partial charge in [0.25, 0.3) is 5.88 Å². The van der Waals surface area contributed by atoms with E-state index < -0.39 is 58.5 Å². The van der Waals surface area contributed by atoms with E-state index in [9.17, 15) is 14.7 Å². The van der Waals surface area contributed by atoms with Crippen molar-refractivity contribution in [2.45, 2.75) is 57.3 Å². The molecular formula is C32H33ClF2N2O7. The number of ether oxygens (including phenoxy) is 4. The van der Waals surface area contributed by atoms with Crippen LogP contribution in [-0.4, -0.2) is 65.6 Å². The highest BCUT2D eigenvalue weighted by molar-refractivity contribution is 6.34. The highest BCUT2D eigenvalue weighted by Crippen LogP contribution is 2.53. The topological polar surface area (TPSA) is 107 Å². The Morgan fingerprint density at radius 2 is 1.93 bits per heavy atom. The van der Waals surface area contributed by atoms with Crippen molar-refractivity contribution in [2.24, 2.45) is 0 Å². The summed E-state index contributed by atoms with van der Waals surface area (Å²) in [5.74, 6) is -3.38. The number of aliphatic hydroxyl groups is 1. The summed E-state index contributed by atoms with van der Waals surface area (Å²) in [6.07, 6.45) is 1.78. The molecular weight excluding hydrogens is 598 g/mol. The number of aromatic nitrogens is 1. The maximum absolute atomic E-state index is 16.2. The predicted octanol–water partition coefficient (Wildman–Crippen LogP) is 6.07. The van der Waals surface area contributed by atoms with Gasteiger partial charge >= 0.3 is 12.1 Å². The molecule has 1 unspecified atom stereocenters. The molecule has 1 saturated heterocycles. The van der Waals surface area contributed by atoms with Crippen LogP contribution in [0.15, 0.2) is 42.6 Å². The molecule has 0 radical (unpaired) electrons. The summed E-state index contributed by atoms with van der Waals surface area (Å²) in [4.78, 5) is 31.8. The molecule has 1 N–H and O–H groups in total. The molecule has 2 aromatic carbocycles. The number of fused-ring (bicyclic) bond motifs is 1. The Bertz CT molecular complexity index is 1580.